The summed E-state index contributed by atoms with van der Waals surface area (Å²) in [7, 11) is -3.53. The van der Waals surface area contributed by atoms with Gasteiger partial charge in [-0.1, -0.05) is 12.1 Å². The second-order valence-corrected chi connectivity index (χ2v) is 9.06. The highest BCUT2D eigenvalue weighted by Crippen LogP contribution is 2.22. The highest BCUT2D eigenvalue weighted by molar-refractivity contribution is 7.86. The van der Waals surface area contributed by atoms with E-state index in [1.807, 2.05) is 18.2 Å². The molecule has 0 aliphatic carbocycles. The Balaban J connectivity index is 1.69. The number of aryl methyl sites for hydroxylation is 1. The van der Waals surface area contributed by atoms with Gasteiger partial charge >= 0.3 is 16.1 Å². The quantitative estimate of drug-likeness (QED) is 0.396. The molecule has 2 aromatic rings. The number of benzene rings is 2. The zero-order valence-corrected chi connectivity index (χ0v) is 18.3. The predicted octanol–water partition coefficient (Wildman–Crippen LogP) is 4.06. The Hall–Kier alpha value is -2.74. The third kappa shape index (κ3) is 8.32. The summed E-state index contributed by atoms with van der Waals surface area (Å²) >= 11 is 0. The first-order valence-electron chi connectivity index (χ1n) is 9.69. The molecule has 0 atom stereocenters. The number of hydrogen-bond donors (Lipinski definition) is 1. The molecule has 2 aromatic carbocycles. The van der Waals surface area contributed by atoms with Gasteiger partial charge in [0.2, 0.25) is 0 Å². The number of ether oxygens (including phenoxy) is 2. The first-order chi connectivity index (χ1) is 14.0. The van der Waals surface area contributed by atoms with Crippen LogP contribution in [-0.4, -0.2) is 38.0 Å². The summed E-state index contributed by atoms with van der Waals surface area (Å²) in [4.78, 5) is 11.2. The molecule has 2 rings (SSSR count). The predicted molar refractivity (Wildman–Crippen MR) is 114 cm³/mol. The number of unbranched alkanes of at least 4 members (excludes halogenated alkanes) is 2. The van der Waals surface area contributed by atoms with Crippen molar-refractivity contribution in [2.24, 2.45) is 0 Å². The smallest absolute Gasteiger partial charge is 0.347 e. The second-order valence-electron chi connectivity index (χ2n) is 7.48. The van der Waals surface area contributed by atoms with E-state index in [0.717, 1.165) is 37.5 Å². The molecule has 1 N–H and O–H groups in total. The summed E-state index contributed by atoms with van der Waals surface area (Å²) < 4.78 is 38.2. The first-order valence-corrected chi connectivity index (χ1v) is 11.5. The molecule has 0 saturated carbocycles. The molecule has 0 aliphatic heterocycles. The molecular weight excluding hydrogens is 408 g/mol. The molecular formula is C22H28O7S. The minimum atomic E-state index is -3.53. The number of rotatable bonds is 12. The average Bonchev–Trinajstić information content (AvgIpc) is 2.64. The summed E-state index contributed by atoms with van der Waals surface area (Å²) in [6.07, 6.45) is 4.68. The molecule has 8 heteroatoms. The number of carbonyl (C=O) groups is 1. The van der Waals surface area contributed by atoms with Crippen molar-refractivity contribution in [2.75, 3.05) is 12.9 Å². The van der Waals surface area contributed by atoms with Crippen molar-refractivity contribution in [2.45, 2.75) is 45.1 Å². The molecule has 0 saturated heterocycles. The topological polar surface area (TPSA) is 99.1 Å². The number of carboxylic acid groups (broad SMARTS) is 1. The van der Waals surface area contributed by atoms with Crippen molar-refractivity contribution < 1.29 is 32.0 Å². The minimum Gasteiger partial charge on any atom is -0.494 e. The van der Waals surface area contributed by atoms with Crippen LogP contribution in [0.15, 0.2) is 48.5 Å². The number of carboxylic acids is 1. The van der Waals surface area contributed by atoms with E-state index in [9.17, 15) is 13.2 Å². The van der Waals surface area contributed by atoms with Gasteiger partial charge in [0, 0.05) is 0 Å². The normalized spacial score (nSPS) is 11.7. The maximum atomic E-state index is 11.2. The molecule has 0 bridgehead atoms. The Morgan fingerprint density at radius 1 is 0.967 bits per heavy atom. The van der Waals surface area contributed by atoms with E-state index in [1.54, 1.807) is 30.3 Å². The lowest BCUT2D eigenvalue weighted by Gasteiger charge is -2.21. The van der Waals surface area contributed by atoms with E-state index in [0.29, 0.717) is 18.1 Å². The fourth-order valence-electron chi connectivity index (χ4n) is 2.67. The van der Waals surface area contributed by atoms with Gasteiger partial charge in [0.15, 0.2) is 5.60 Å². The van der Waals surface area contributed by atoms with Crippen LogP contribution in [0, 0.1) is 0 Å². The zero-order valence-electron chi connectivity index (χ0n) is 17.5. The molecule has 0 aromatic heterocycles. The van der Waals surface area contributed by atoms with Crippen molar-refractivity contribution >= 4 is 16.1 Å². The van der Waals surface area contributed by atoms with Crippen LogP contribution in [0.3, 0.4) is 0 Å². The van der Waals surface area contributed by atoms with Gasteiger partial charge in [0.1, 0.15) is 17.2 Å². The van der Waals surface area contributed by atoms with Crippen LogP contribution in [-0.2, 0) is 21.3 Å². The second kappa shape index (κ2) is 10.3. The first kappa shape index (κ1) is 23.5. The fourth-order valence-corrected chi connectivity index (χ4v) is 3.13. The van der Waals surface area contributed by atoms with Crippen molar-refractivity contribution in [3.05, 3.63) is 54.1 Å². The van der Waals surface area contributed by atoms with E-state index in [1.165, 1.54) is 13.8 Å². The minimum absolute atomic E-state index is 0.253. The summed E-state index contributed by atoms with van der Waals surface area (Å²) in [5.74, 6) is 0.446. The van der Waals surface area contributed by atoms with E-state index in [2.05, 4.69) is 0 Å². The lowest BCUT2D eigenvalue weighted by molar-refractivity contribution is -0.152. The van der Waals surface area contributed by atoms with Crippen LogP contribution >= 0.6 is 0 Å². The molecule has 30 heavy (non-hydrogen) atoms. The maximum absolute atomic E-state index is 11.2. The molecule has 0 fully saturated rings. The lowest BCUT2D eigenvalue weighted by atomic mass is 10.1. The van der Waals surface area contributed by atoms with Crippen molar-refractivity contribution in [3.63, 3.8) is 0 Å². The van der Waals surface area contributed by atoms with Crippen molar-refractivity contribution in [1.82, 2.24) is 0 Å². The third-order valence-electron chi connectivity index (χ3n) is 4.24. The molecule has 0 spiro atoms. The summed E-state index contributed by atoms with van der Waals surface area (Å²) in [6, 6.07) is 13.9. The Morgan fingerprint density at radius 3 is 2.27 bits per heavy atom. The Morgan fingerprint density at radius 2 is 1.63 bits per heavy atom. The van der Waals surface area contributed by atoms with Crippen LogP contribution in [0.5, 0.6) is 17.2 Å². The molecule has 0 unspecified atom stereocenters. The van der Waals surface area contributed by atoms with E-state index < -0.39 is 21.7 Å². The SMILES string of the molecule is CC(C)(Oc1cccc(CCCCCOc2ccc(OS(C)(=O)=O)cc2)c1)C(=O)O. The summed E-state index contributed by atoms with van der Waals surface area (Å²) in [5.41, 5.74) is -0.179. The standard InChI is InChI=1S/C22H28O7S/c1-22(2,21(23)24)28-20-10-7-9-17(16-20)8-5-4-6-15-27-18-11-13-19(14-12-18)29-30(3,25)26/h7,9-14,16H,4-6,8,15H2,1-3H3,(H,23,24). The van der Waals surface area contributed by atoms with E-state index >= 15 is 0 Å². The monoisotopic (exact) mass is 436 g/mol. The Bertz CT molecular complexity index is 934. The van der Waals surface area contributed by atoms with Gasteiger partial charge in [-0.05, 0) is 81.5 Å². The maximum Gasteiger partial charge on any atom is 0.347 e. The largest absolute Gasteiger partial charge is 0.494 e. The van der Waals surface area contributed by atoms with Crippen LogP contribution in [0.4, 0.5) is 0 Å². The molecule has 164 valence electrons. The lowest BCUT2D eigenvalue weighted by Crippen LogP contribution is -2.37. The third-order valence-corrected chi connectivity index (χ3v) is 4.73. The van der Waals surface area contributed by atoms with Gasteiger partial charge in [-0.25, -0.2) is 4.79 Å². The van der Waals surface area contributed by atoms with Gasteiger partial charge in [0.25, 0.3) is 0 Å². The van der Waals surface area contributed by atoms with Gasteiger partial charge in [-0.2, -0.15) is 8.42 Å². The highest BCUT2D eigenvalue weighted by Gasteiger charge is 2.29. The molecule has 0 heterocycles. The van der Waals surface area contributed by atoms with Gasteiger partial charge < -0.3 is 18.8 Å². The van der Waals surface area contributed by atoms with E-state index in [-0.39, 0.29) is 5.75 Å². The Labute approximate surface area is 177 Å². The van der Waals surface area contributed by atoms with Gasteiger partial charge in [0.05, 0.1) is 12.9 Å². The number of aliphatic carboxylic acids is 1. The number of hydrogen-bond acceptors (Lipinski definition) is 6. The van der Waals surface area contributed by atoms with Gasteiger partial charge in [-0.3, -0.25) is 0 Å². The summed E-state index contributed by atoms with van der Waals surface area (Å²) in [5, 5.41) is 9.17. The molecule has 0 amide bonds. The molecule has 7 nitrogen and oxygen atoms in total. The van der Waals surface area contributed by atoms with Crippen molar-refractivity contribution in [1.29, 1.82) is 0 Å². The molecule has 0 aliphatic rings. The van der Waals surface area contributed by atoms with Crippen LogP contribution in [0.1, 0.15) is 38.7 Å². The van der Waals surface area contributed by atoms with E-state index in [4.69, 9.17) is 18.8 Å². The molecule has 0 radical (unpaired) electrons. The van der Waals surface area contributed by atoms with Crippen LogP contribution < -0.4 is 13.7 Å². The Kier molecular flexibility index (Phi) is 8.11. The zero-order chi connectivity index (χ0) is 22.2. The van der Waals surface area contributed by atoms with Crippen LogP contribution in [0.2, 0.25) is 0 Å². The fraction of sp³-hybridized carbons (Fsp3) is 0.409. The summed E-state index contributed by atoms with van der Waals surface area (Å²) in [6.45, 7) is 3.60. The average molecular weight is 437 g/mol. The van der Waals surface area contributed by atoms with Crippen molar-refractivity contribution in [3.8, 4) is 17.2 Å². The van der Waals surface area contributed by atoms with Crippen LogP contribution in [0.25, 0.3) is 0 Å². The van der Waals surface area contributed by atoms with Gasteiger partial charge in [-0.15, -0.1) is 0 Å². The highest BCUT2D eigenvalue weighted by atomic mass is 32.2.